The number of hydrogen-bond donors (Lipinski definition) is 2. The molecule has 0 unspecified atom stereocenters. The standard InChI is InChI=1S/C27H25BrN4O6/c1-27(26(37)38-3)21-20(24(35)31(2)25(21)36)22(30-27)16-11-15(28)9-10-17(16)29-18-12-19(33)32(23(18)34)13-14-7-5-4-6-8-14/h4-12,20-22,29-30H,13H2,1-3H3/t20-,21-,22-,27-/m1/s1. The molecular formula is C27H25BrN4O6. The van der Waals surface area contributed by atoms with Crippen molar-refractivity contribution in [3.05, 3.63) is 75.9 Å². The summed E-state index contributed by atoms with van der Waals surface area (Å²) in [5.74, 6) is -4.34. The first kappa shape index (κ1) is 25.8. The number of nitrogens with zero attached hydrogens (tertiary/aromatic N) is 2. The van der Waals surface area contributed by atoms with Gasteiger partial charge in [0.15, 0.2) is 0 Å². The molecule has 3 heterocycles. The van der Waals surface area contributed by atoms with Crippen LogP contribution in [-0.4, -0.2) is 59.1 Å². The fourth-order valence-electron chi connectivity index (χ4n) is 5.51. The zero-order valence-electron chi connectivity index (χ0n) is 20.9. The fraction of sp³-hybridized carbons (Fsp3) is 0.296. The van der Waals surface area contributed by atoms with Crippen molar-refractivity contribution >= 4 is 51.2 Å². The highest BCUT2D eigenvalue weighted by Crippen LogP contribution is 2.50. The van der Waals surface area contributed by atoms with Crippen LogP contribution in [-0.2, 0) is 35.3 Å². The van der Waals surface area contributed by atoms with Gasteiger partial charge in [-0.25, -0.2) is 0 Å². The van der Waals surface area contributed by atoms with Crippen LogP contribution >= 0.6 is 15.9 Å². The topological polar surface area (TPSA) is 125 Å². The Hall–Kier alpha value is -3.83. The number of ether oxygens (including phenoxy) is 1. The van der Waals surface area contributed by atoms with Crippen molar-refractivity contribution in [1.82, 2.24) is 15.1 Å². The first-order valence-corrected chi connectivity index (χ1v) is 12.7. The van der Waals surface area contributed by atoms with Crippen LogP contribution in [0, 0.1) is 11.8 Å². The lowest BCUT2D eigenvalue weighted by Gasteiger charge is -2.28. The zero-order valence-corrected chi connectivity index (χ0v) is 22.4. The van der Waals surface area contributed by atoms with E-state index in [4.69, 9.17) is 4.74 Å². The molecule has 4 atom stereocenters. The molecule has 2 N–H and O–H groups in total. The van der Waals surface area contributed by atoms with Crippen molar-refractivity contribution in [2.24, 2.45) is 11.8 Å². The summed E-state index contributed by atoms with van der Waals surface area (Å²) < 4.78 is 5.67. The Morgan fingerprint density at radius 1 is 1.11 bits per heavy atom. The maximum atomic E-state index is 13.2. The lowest BCUT2D eigenvalue weighted by atomic mass is 9.80. The van der Waals surface area contributed by atoms with E-state index in [9.17, 15) is 24.0 Å². The van der Waals surface area contributed by atoms with Gasteiger partial charge < -0.3 is 10.1 Å². The van der Waals surface area contributed by atoms with E-state index >= 15 is 0 Å². The van der Waals surface area contributed by atoms with Crippen LogP contribution in [0.1, 0.15) is 24.1 Å². The van der Waals surface area contributed by atoms with Crippen molar-refractivity contribution in [1.29, 1.82) is 0 Å². The molecule has 0 aliphatic carbocycles. The van der Waals surface area contributed by atoms with Gasteiger partial charge in [0.05, 0.1) is 25.5 Å². The molecule has 38 heavy (non-hydrogen) atoms. The van der Waals surface area contributed by atoms with Crippen molar-refractivity contribution in [3.63, 3.8) is 0 Å². The summed E-state index contributed by atoms with van der Waals surface area (Å²) >= 11 is 3.45. The SMILES string of the molecule is COC(=O)[C@]1(C)N[C@H](c2cc(Br)ccc2NC2=CC(=O)N(Cc3ccccc3)C2=O)[C@@H]2C(=O)N(C)C(=O)[C@@H]21. The molecule has 10 nitrogen and oxygen atoms in total. The second-order valence-electron chi connectivity index (χ2n) is 9.68. The molecule has 2 aromatic rings. The van der Waals surface area contributed by atoms with E-state index in [1.165, 1.54) is 20.2 Å². The van der Waals surface area contributed by atoms with Gasteiger partial charge in [-0.1, -0.05) is 46.3 Å². The highest BCUT2D eigenvalue weighted by atomic mass is 79.9. The van der Waals surface area contributed by atoms with Crippen LogP contribution in [0.25, 0.3) is 0 Å². The van der Waals surface area contributed by atoms with E-state index in [0.717, 1.165) is 15.4 Å². The van der Waals surface area contributed by atoms with E-state index in [0.29, 0.717) is 15.7 Å². The van der Waals surface area contributed by atoms with E-state index < -0.39 is 53.0 Å². The summed E-state index contributed by atoms with van der Waals surface area (Å²) in [4.78, 5) is 67.1. The van der Waals surface area contributed by atoms with Crippen molar-refractivity contribution in [2.75, 3.05) is 19.5 Å². The number of hydrogen-bond acceptors (Lipinski definition) is 8. The van der Waals surface area contributed by atoms with Gasteiger partial charge in [-0.15, -0.1) is 0 Å². The van der Waals surface area contributed by atoms with Gasteiger partial charge in [0.1, 0.15) is 11.2 Å². The second-order valence-corrected chi connectivity index (χ2v) is 10.6. The predicted octanol–water partition coefficient (Wildman–Crippen LogP) is 2.12. The average Bonchev–Trinajstić information content (AvgIpc) is 3.45. The van der Waals surface area contributed by atoms with Gasteiger partial charge in [0, 0.05) is 29.3 Å². The number of nitrogens with one attached hydrogen (secondary N) is 2. The van der Waals surface area contributed by atoms with Crippen molar-refractivity contribution in [3.8, 4) is 0 Å². The highest BCUT2D eigenvalue weighted by molar-refractivity contribution is 9.10. The summed E-state index contributed by atoms with van der Waals surface area (Å²) in [6.07, 6.45) is 1.23. The number of benzene rings is 2. The molecule has 0 saturated carbocycles. The fourth-order valence-corrected chi connectivity index (χ4v) is 5.89. The molecule has 3 aliphatic rings. The molecule has 4 amide bonds. The molecule has 2 aromatic carbocycles. The monoisotopic (exact) mass is 580 g/mol. The Balaban J connectivity index is 1.49. The highest BCUT2D eigenvalue weighted by Gasteiger charge is 2.66. The molecular weight excluding hydrogens is 556 g/mol. The quantitative estimate of drug-likeness (QED) is 0.393. The molecule has 3 aliphatic heterocycles. The Labute approximate surface area is 227 Å². The number of esters is 1. The molecule has 2 saturated heterocycles. The third kappa shape index (κ3) is 4.02. The Morgan fingerprint density at radius 3 is 2.50 bits per heavy atom. The van der Waals surface area contributed by atoms with Crippen LogP contribution in [0.15, 0.2) is 64.8 Å². The zero-order chi connectivity index (χ0) is 27.4. The maximum absolute atomic E-state index is 13.2. The molecule has 196 valence electrons. The van der Waals surface area contributed by atoms with Crippen LogP contribution in [0.4, 0.5) is 5.69 Å². The molecule has 2 fully saturated rings. The van der Waals surface area contributed by atoms with Gasteiger partial charge in [-0.2, -0.15) is 0 Å². The molecule has 0 aromatic heterocycles. The minimum Gasteiger partial charge on any atom is -0.468 e. The van der Waals surface area contributed by atoms with Crippen molar-refractivity contribution in [2.45, 2.75) is 25.0 Å². The third-order valence-electron chi connectivity index (χ3n) is 7.43. The molecule has 11 heteroatoms. The van der Waals surface area contributed by atoms with Gasteiger partial charge in [0.2, 0.25) is 11.8 Å². The van der Waals surface area contributed by atoms with E-state index in [1.54, 1.807) is 25.1 Å². The van der Waals surface area contributed by atoms with E-state index in [2.05, 4.69) is 26.6 Å². The van der Waals surface area contributed by atoms with Crippen LogP contribution < -0.4 is 10.6 Å². The smallest absolute Gasteiger partial charge is 0.326 e. The first-order chi connectivity index (χ1) is 18.1. The molecule has 5 rings (SSSR count). The summed E-state index contributed by atoms with van der Waals surface area (Å²) in [6, 6.07) is 13.6. The Bertz CT molecular complexity index is 1410. The van der Waals surface area contributed by atoms with Crippen LogP contribution in [0.2, 0.25) is 0 Å². The normalized spacial score (nSPS) is 26.6. The molecule has 0 radical (unpaired) electrons. The Morgan fingerprint density at radius 2 is 1.82 bits per heavy atom. The van der Waals surface area contributed by atoms with E-state index in [1.807, 2.05) is 30.3 Å². The van der Waals surface area contributed by atoms with Crippen LogP contribution in [0.5, 0.6) is 0 Å². The number of carbonyl (C=O) groups is 5. The first-order valence-electron chi connectivity index (χ1n) is 11.9. The lowest BCUT2D eigenvalue weighted by molar-refractivity contribution is -0.152. The van der Waals surface area contributed by atoms with Gasteiger partial charge in [-0.3, -0.25) is 39.1 Å². The minimum atomic E-state index is -1.45. The number of carbonyl (C=O) groups excluding carboxylic acids is 5. The lowest BCUT2D eigenvalue weighted by Crippen LogP contribution is -2.53. The van der Waals surface area contributed by atoms with Crippen molar-refractivity contribution < 1.29 is 28.7 Å². The van der Waals surface area contributed by atoms with Gasteiger partial charge >= 0.3 is 5.97 Å². The number of rotatable bonds is 6. The second kappa shape index (κ2) is 9.48. The third-order valence-corrected chi connectivity index (χ3v) is 7.92. The number of likely N-dealkylation sites (tertiary alicyclic amines) is 1. The number of anilines is 1. The number of halogens is 1. The summed E-state index contributed by atoms with van der Waals surface area (Å²) in [6.45, 7) is 1.68. The van der Waals surface area contributed by atoms with Gasteiger partial charge in [0.25, 0.3) is 11.8 Å². The number of imide groups is 2. The molecule has 0 bridgehead atoms. The van der Waals surface area contributed by atoms with Crippen LogP contribution in [0.3, 0.4) is 0 Å². The summed E-state index contributed by atoms with van der Waals surface area (Å²) in [5.41, 5.74) is 0.422. The Kier molecular flexibility index (Phi) is 6.44. The number of fused-ring (bicyclic) bond motifs is 1. The van der Waals surface area contributed by atoms with Gasteiger partial charge in [-0.05, 0) is 36.2 Å². The largest absolute Gasteiger partial charge is 0.468 e. The summed E-state index contributed by atoms with van der Waals surface area (Å²) in [7, 11) is 2.62. The summed E-state index contributed by atoms with van der Waals surface area (Å²) in [5, 5.41) is 6.25. The number of methoxy groups -OCH3 is 1. The average molecular weight is 581 g/mol. The molecule has 0 spiro atoms. The minimum absolute atomic E-state index is 0.0747. The maximum Gasteiger partial charge on any atom is 0.326 e. The number of amides is 4. The van der Waals surface area contributed by atoms with E-state index in [-0.39, 0.29) is 12.2 Å². The predicted molar refractivity (Wildman–Crippen MR) is 139 cm³/mol.